The molecular formula is C12H11F4N3OS. The average molecular weight is 321 g/mol. The molecule has 0 saturated heterocycles. The maximum Gasteiger partial charge on any atom is 0.205 e. The molecule has 2 aromatic rings. The van der Waals surface area contributed by atoms with Gasteiger partial charge in [-0.1, -0.05) is 18.3 Å². The zero-order valence-electron chi connectivity index (χ0n) is 10.9. The number of nitrogens with zero attached hydrogens (tertiary/aromatic N) is 2. The first-order valence-electron chi connectivity index (χ1n) is 6.05. The van der Waals surface area contributed by atoms with Gasteiger partial charge in [-0.15, -0.1) is 10.2 Å². The molecule has 2 rings (SSSR count). The van der Waals surface area contributed by atoms with Crippen molar-refractivity contribution in [2.45, 2.75) is 20.0 Å². The highest BCUT2D eigenvalue weighted by Gasteiger charge is 2.21. The van der Waals surface area contributed by atoms with E-state index < -0.39 is 29.0 Å². The van der Waals surface area contributed by atoms with Crippen LogP contribution in [-0.2, 0) is 6.61 Å². The fourth-order valence-electron chi connectivity index (χ4n) is 1.43. The Bertz CT molecular complexity index is 609. The van der Waals surface area contributed by atoms with E-state index in [1.807, 2.05) is 6.92 Å². The number of hydrogen-bond acceptors (Lipinski definition) is 5. The summed E-state index contributed by atoms with van der Waals surface area (Å²) in [5, 5.41) is 11.3. The van der Waals surface area contributed by atoms with Crippen molar-refractivity contribution < 1.29 is 22.3 Å². The molecule has 114 valence electrons. The van der Waals surface area contributed by atoms with E-state index in [1.54, 1.807) is 0 Å². The van der Waals surface area contributed by atoms with Crippen LogP contribution in [0.5, 0.6) is 5.75 Å². The molecule has 0 aliphatic carbocycles. The molecule has 4 nitrogen and oxygen atoms in total. The summed E-state index contributed by atoms with van der Waals surface area (Å²) < 4.78 is 57.5. The van der Waals surface area contributed by atoms with E-state index in [0.29, 0.717) is 16.7 Å². The van der Waals surface area contributed by atoms with Crippen LogP contribution in [0.15, 0.2) is 6.07 Å². The maximum atomic E-state index is 13.4. The SMILES string of the molecule is CCCNc1nnc(COc2c(F)c(F)cc(F)c2F)s1. The first kappa shape index (κ1) is 15.5. The van der Waals surface area contributed by atoms with Crippen molar-refractivity contribution in [1.29, 1.82) is 0 Å². The van der Waals surface area contributed by atoms with E-state index in [2.05, 4.69) is 15.5 Å². The predicted octanol–water partition coefficient (Wildman–Crippen LogP) is 3.50. The van der Waals surface area contributed by atoms with E-state index in [9.17, 15) is 17.6 Å². The van der Waals surface area contributed by atoms with Gasteiger partial charge in [0.15, 0.2) is 22.4 Å². The molecule has 0 aliphatic heterocycles. The second kappa shape index (κ2) is 6.70. The molecule has 0 radical (unpaired) electrons. The second-order valence-corrected chi connectivity index (χ2v) is 5.08. The summed E-state index contributed by atoms with van der Waals surface area (Å²) in [6, 6.07) is 0.120. The van der Waals surface area contributed by atoms with Crippen molar-refractivity contribution in [1.82, 2.24) is 10.2 Å². The number of nitrogens with one attached hydrogen (secondary N) is 1. The van der Waals surface area contributed by atoms with Gasteiger partial charge in [-0.2, -0.15) is 8.78 Å². The molecule has 1 aromatic heterocycles. The van der Waals surface area contributed by atoms with Gasteiger partial charge < -0.3 is 10.1 Å². The van der Waals surface area contributed by atoms with Crippen LogP contribution in [0.2, 0.25) is 0 Å². The van der Waals surface area contributed by atoms with Crippen molar-refractivity contribution in [3.05, 3.63) is 34.3 Å². The number of aromatic nitrogens is 2. The third-order valence-electron chi connectivity index (χ3n) is 2.40. The summed E-state index contributed by atoms with van der Waals surface area (Å²) in [6.45, 7) is 2.33. The standard InChI is InChI=1S/C12H11F4N3OS/c1-2-3-17-12-19-18-8(21-12)5-20-11-9(15)6(13)4-7(14)10(11)16/h4H,2-3,5H2,1H3,(H,17,19). The third kappa shape index (κ3) is 3.60. The molecule has 0 unspecified atom stereocenters. The first-order chi connectivity index (χ1) is 10.0. The van der Waals surface area contributed by atoms with Crippen LogP contribution < -0.4 is 10.1 Å². The van der Waals surface area contributed by atoms with Crippen LogP contribution in [-0.4, -0.2) is 16.7 Å². The van der Waals surface area contributed by atoms with Crippen molar-refractivity contribution in [2.24, 2.45) is 0 Å². The highest BCUT2D eigenvalue weighted by atomic mass is 32.1. The first-order valence-corrected chi connectivity index (χ1v) is 6.86. The Hall–Kier alpha value is -1.90. The van der Waals surface area contributed by atoms with Gasteiger partial charge in [0.2, 0.25) is 16.8 Å². The van der Waals surface area contributed by atoms with Gasteiger partial charge in [-0.3, -0.25) is 0 Å². The Kier molecular flexibility index (Phi) is 4.94. The van der Waals surface area contributed by atoms with Gasteiger partial charge in [0.25, 0.3) is 0 Å². The van der Waals surface area contributed by atoms with E-state index >= 15 is 0 Å². The highest BCUT2D eigenvalue weighted by molar-refractivity contribution is 7.15. The zero-order chi connectivity index (χ0) is 15.4. The summed E-state index contributed by atoms with van der Waals surface area (Å²) in [6.07, 6.45) is 0.893. The van der Waals surface area contributed by atoms with Crippen molar-refractivity contribution in [2.75, 3.05) is 11.9 Å². The minimum Gasteiger partial charge on any atom is -0.480 e. The van der Waals surface area contributed by atoms with Gasteiger partial charge >= 0.3 is 0 Å². The lowest BCUT2D eigenvalue weighted by atomic mass is 10.3. The molecule has 1 N–H and O–H groups in total. The Balaban J connectivity index is 2.08. The van der Waals surface area contributed by atoms with E-state index in [1.165, 1.54) is 0 Å². The largest absolute Gasteiger partial charge is 0.480 e. The molecule has 0 saturated carbocycles. The quantitative estimate of drug-likeness (QED) is 0.653. The minimum absolute atomic E-state index is 0.120. The van der Waals surface area contributed by atoms with Crippen LogP contribution in [0.4, 0.5) is 22.7 Å². The molecule has 0 fully saturated rings. The molecule has 0 amide bonds. The van der Waals surface area contributed by atoms with E-state index in [0.717, 1.165) is 17.8 Å². The molecule has 21 heavy (non-hydrogen) atoms. The van der Waals surface area contributed by atoms with Crippen LogP contribution in [0, 0.1) is 23.3 Å². The van der Waals surface area contributed by atoms with Gasteiger partial charge in [-0.25, -0.2) is 8.78 Å². The minimum atomic E-state index is -1.58. The second-order valence-electron chi connectivity index (χ2n) is 4.01. The van der Waals surface area contributed by atoms with Gasteiger partial charge in [-0.05, 0) is 6.42 Å². The molecule has 0 atom stereocenters. The van der Waals surface area contributed by atoms with Gasteiger partial charge in [0.1, 0.15) is 6.61 Å². The highest BCUT2D eigenvalue weighted by Crippen LogP contribution is 2.27. The van der Waals surface area contributed by atoms with Crippen LogP contribution >= 0.6 is 11.3 Å². The average Bonchev–Trinajstić information content (AvgIpc) is 2.91. The number of hydrogen-bond donors (Lipinski definition) is 1. The molecule has 1 aromatic carbocycles. The van der Waals surface area contributed by atoms with Crippen molar-refractivity contribution in [3.8, 4) is 5.75 Å². The normalized spacial score (nSPS) is 10.7. The summed E-state index contributed by atoms with van der Waals surface area (Å²) in [7, 11) is 0. The third-order valence-corrected chi connectivity index (χ3v) is 3.26. The number of halogens is 4. The Labute approximate surface area is 121 Å². The number of benzene rings is 1. The molecule has 1 heterocycles. The molecule has 0 aliphatic rings. The summed E-state index contributed by atoms with van der Waals surface area (Å²) in [4.78, 5) is 0. The topological polar surface area (TPSA) is 47.0 Å². The molecular weight excluding hydrogens is 310 g/mol. The van der Waals surface area contributed by atoms with Gasteiger partial charge in [0.05, 0.1) is 0 Å². The Morgan fingerprint density at radius 3 is 2.43 bits per heavy atom. The van der Waals surface area contributed by atoms with Crippen molar-refractivity contribution >= 4 is 16.5 Å². The fraction of sp³-hybridized carbons (Fsp3) is 0.333. The number of anilines is 1. The van der Waals surface area contributed by atoms with Crippen LogP contribution in [0.3, 0.4) is 0 Å². The fourth-order valence-corrected chi connectivity index (χ4v) is 2.11. The lowest BCUT2D eigenvalue weighted by Crippen LogP contribution is -2.03. The Morgan fingerprint density at radius 2 is 1.81 bits per heavy atom. The zero-order valence-corrected chi connectivity index (χ0v) is 11.7. The molecule has 0 spiro atoms. The van der Waals surface area contributed by atoms with Crippen molar-refractivity contribution in [3.63, 3.8) is 0 Å². The van der Waals surface area contributed by atoms with Crippen LogP contribution in [0.1, 0.15) is 18.4 Å². The monoisotopic (exact) mass is 321 g/mol. The van der Waals surface area contributed by atoms with E-state index in [4.69, 9.17) is 4.74 Å². The van der Waals surface area contributed by atoms with Crippen LogP contribution in [0.25, 0.3) is 0 Å². The predicted molar refractivity (Wildman–Crippen MR) is 69.3 cm³/mol. The van der Waals surface area contributed by atoms with Gasteiger partial charge in [0, 0.05) is 12.6 Å². The molecule has 0 bridgehead atoms. The number of rotatable bonds is 6. The lowest BCUT2D eigenvalue weighted by molar-refractivity contribution is 0.260. The number of ether oxygens (including phenoxy) is 1. The molecule has 9 heteroatoms. The Morgan fingerprint density at radius 1 is 1.14 bits per heavy atom. The smallest absolute Gasteiger partial charge is 0.205 e. The lowest BCUT2D eigenvalue weighted by Gasteiger charge is -2.07. The maximum absolute atomic E-state index is 13.4. The summed E-state index contributed by atoms with van der Waals surface area (Å²) in [5.74, 6) is -7.31. The summed E-state index contributed by atoms with van der Waals surface area (Å²) in [5.41, 5.74) is 0. The summed E-state index contributed by atoms with van der Waals surface area (Å²) >= 11 is 1.12. The van der Waals surface area contributed by atoms with E-state index in [-0.39, 0.29) is 12.7 Å².